The van der Waals surface area contributed by atoms with Crippen molar-refractivity contribution < 1.29 is 14.7 Å². The summed E-state index contributed by atoms with van der Waals surface area (Å²) in [4.78, 5) is 23.8. The molecule has 0 saturated heterocycles. The number of benzene rings is 1. The molecule has 1 rings (SSSR count). The van der Waals surface area contributed by atoms with Gasteiger partial charge in [-0.15, -0.1) is 0 Å². The molecule has 0 atom stereocenters. The van der Waals surface area contributed by atoms with Gasteiger partial charge in [0, 0.05) is 30.2 Å². The molecule has 0 aromatic heterocycles. The molecular weight excluding hydrogens is 312 g/mol. The number of halogens is 1. The lowest BCUT2D eigenvalue weighted by atomic mass is 10.2. The molecular formula is C13H17BrN2O3. The van der Waals surface area contributed by atoms with E-state index in [1.165, 1.54) is 4.90 Å². The third kappa shape index (κ3) is 5.30. The average molecular weight is 329 g/mol. The van der Waals surface area contributed by atoms with Gasteiger partial charge in [-0.3, -0.25) is 4.79 Å². The van der Waals surface area contributed by atoms with Crippen molar-refractivity contribution in [3.8, 4) is 0 Å². The molecule has 0 aliphatic heterocycles. The zero-order valence-corrected chi connectivity index (χ0v) is 12.5. The van der Waals surface area contributed by atoms with Gasteiger partial charge in [0.1, 0.15) is 0 Å². The van der Waals surface area contributed by atoms with Gasteiger partial charge in [-0.1, -0.05) is 15.9 Å². The molecule has 1 aromatic carbocycles. The third-order valence-corrected chi connectivity index (χ3v) is 3.15. The second kappa shape index (κ2) is 7.13. The van der Waals surface area contributed by atoms with Crippen LogP contribution in [0.3, 0.4) is 0 Å². The highest BCUT2D eigenvalue weighted by Gasteiger charge is 2.10. The number of amides is 2. The number of hydrogen-bond acceptors (Lipinski definition) is 2. The Morgan fingerprint density at radius 3 is 2.68 bits per heavy atom. The van der Waals surface area contributed by atoms with Crippen LogP contribution in [-0.2, 0) is 4.79 Å². The molecule has 0 radical (unpaired) electrons. The highest BCUT2D eigenvalue weighted by Crippen LogP contribution is 2.20. The number of rotatable bonds is 5. The maximum Gasteiger partial charge on any atom is 0.321 e. The number of carbonyl (C=O) groups is 2. The van der Waals surface area contributed by atoms with Crippen LogP contribution in [0.4, 0.5) is 10.5 Å². The Bertz CT molecular complexity index is 477. The second-order valence-corrected chi connectivity index (χ2v) is 5.22. The van der Waals surface area contributed by atoms with Gasteiger partial charge in [-0.2, -0.15) is 0 Å². The van der Waals surface area contributed by atoms with E-state index in [0.29, 0.717) is 13.0 Å². The van der Waals surface area contributed by atoms with Crippen molar-refractivity contribution >= 4 is 33.6 Å². The number of carboxylic acid groups (broad SMARTS) is 1. The van der Waals surface area contributed by atoms with Crippen LogP contribution in [0.15, 0.2) is 22.7 Å². The first kappa shape index (κ1) is 15.5. The number of hydrogen-bond donors (Lipinski definition) is 2. The van der Waals surface area contributed by atoms with Crippen LogP contribution >= 0.6 is 15.9 Å². The summed E-state index contributed by atoms with van der Waals surface area (Å²) in [5.41, 5.74) is 1.71. The van der Waals surface area contributed by atoms with Gasteiger partial charge in [-0.25, -0.2) is 4.79 Å². The number of carbonyl (C=O) groups excluding carboxylic acids is 1. The summed E-state index contributed by atoms with van der Waals surface area (Å²) in [5.74, 6) is -0.849. The SMILES string of the molecule is Cc1cc(Br)ccc1NC(=O)N(C)CCCC(=O)O. The lowest BCUT2D eigenvalue weighted by molar-refractivity contribution is -0.137. The summed E-state index contributed by atoms with van der Waals surface area (Å²) in [6, 6.07) is 5.35. The van der Waals surface area contributed by atoms with Crippen LogP contribution in [0, 0.1) is 6.92 Å². The van der Waals surface area contributed by atoms with E-state index in [2.05, 4.69) is 21.2 Å². The van der Waals surface area contributed by atoms with Gasteiger partial charge < -0.3 is 15.3 Å². The summed E-state index contributed by atoms with van der Waals surface area (Å²) in [5, 5.41) is 11.3. The molecule has 2 amide bonds. The first-order valence-corrected chi connectivity index (χ1v) is 6.69. The Hall–Kier alpha value is -1.56. The Kier molecular flexibility index (Phi) is 5.82. The fourth-order valence-electron chi connectivity index (χ4n) is 1.55. The first-order valence-electron chi connectivity index (χ1n) is 5.90. The summed E-state index contributed by atoms with van der Waals surface area (Å²) in [6.07, 6.45) is 0.507. The van der Waals surface area contributed by atoms with E-state index in [1.54, 1.807) is 7.05 Å². The van der Waals surface area contributed by atoms with Crippen molar-refractivity contribution in [2.24, 2.45) is 0 Å². The molecule has 104 valence electrons. The van der Waals surface area contributed by atoms with Gasteiger partial charge in [0.2, 0.25) is 0 Å². The molecule has 5 nitrogen and oxygen atoms in total. The fraction of sp³-hybridized carbons (Fsp3) is 0.385. The van der Waals surface area contributed by atoms with Crippen molar-refractivity contribution in [2.45, 2.75) is 19.8 Å². The Labute approximate surface area is 120 Å². The molecule has 0 saturated carbocycles. The predicted octanol–water partition coefficient (Wildman–Crippen LogP) is 3.09. The molecule has 19 heavy (non-hydrogen) atoms. The lowest BCUT2D eigenvalue weighted by Crippen LogP contribution is -2.32. The van der Waals surface area contributed by atoms with E-state index < -0.39 is 5.97 Å². The standard InChI is InChI=1S/C13H17BrN2O3/c1-9-8-10(14)5-6-11(9)15-13(19)16(2)7-3-4-12(17)18/h5-6,8H,3-4,7H2,1-2H3,(H,15,19)(H,17,18). The summed E-state index contributed by atoms with van der Waals surface area (Å²) >= 11 is 3.36. The number of nitrogens with zero attached hydrogens (tertiary/aromatic N) is 1. The molecule has 0 unspecified atom stereocenters. The van der Waals surface area contributed by atoms with E-state index >= 15 is 0 Å². The molecule has 0 spiro atoms. The number of urea groups is 1. The van der Waals surface area contributed by atoms with Crippen LogP contribution in [0.5, 0.6) is 0 Å². The van der Waals surface area contributed by atoms with Crippen molar-refractivity contribution in [1.82, 2.24) is 4.90 Å². The van der Waals surface area contributed by atoms with Gasteiger partial charge in [0.25, 0.3) is 0 Å². The molecule has 0 heterocycles. The van der Waals surface area contributed by atoms with E-state index in [9.17, 15) is 9.59 Å². The van der Waals surface area contributed by atoms with E-state index in [1.807, 2.05) is 25.1 Å². The highest BCUT2D eigenvalue weighted by atomic mass is 79.9. The number of aryl methyl sites for hydroxylation is 1. The maximum atomic E-state index is 11.9. The Balaban J connectivity index is 2.51. The monoisotopic (exact) mass is 328 g/mol. The van der Waals surface area contributed by atoms with Crippen molar-refractivity contribution in [2.75, 3.05) is 18.9 Å². The second-order valence-electron chi connectivity index (χ2n) is 4.31. The molecule has 0 aliphatic rings. The molecule has 2 N–H and O–H groups in total. The molecule has 6 heteroatoms. The summed E-state index contributed by atoms with van der Waals surface area (Å²) in [6.45, 7) is 2.32. The minimum absolute atomic E-state index is 0.0644. The Morgan fingerprint density at radius 1 is 1.42 bits per heavy atom. The number of carboxylic acids is 1. The quantitative estimate of drug-likeness (QED) is 0.872. The van der Waals surface area contributed by atoms with E-state index in [0.717, 1.165) is 15.7 Å². The Morgan fingerprint density at radius 2 is 2.11 bits per heavy atom. The van der Waals surface area contributed by atoms with Crippen LogP contribution < -0.4 is 5.32 Å². The lowest BCUT2D eigenvalue weighted by Gasteiger charge is -2.18. The molecule has 1 aromatic rings. The van der Waals surface area contributed by atoms with Crippen molar-refractivity contribution in [3.63, 3.8) is 0 Å². The van der Waals surface area contributed by atoms with Crippen LogP contribution in [0.2, 0.25) is 0 Å². The number of aliphatic carboxylic acids is 1. The van der Waals surface area contributed by atoms with Crippen LogP contribution in [-0.4, -0.2) is 35.6 Å². The topological polar surface area (TPSA) is 69.6 Å². The fourth-order valence-corrected chi connectivity index (χ4v) is 2.02. The van der Waals surface area contributed by atoms with Crippen molar-refractivity contribution in [3.05, 3.63) is 28.2 Å². The third-order valence-electron chi connectivity index (χ3n) is 2.66. The summed E-state index contributed by atoms with van der Waals surface area (Å²) in [7, 11) is 1.64. The minimum atomic E-state index is -0.849. The van der Waals surface area contributed by atoms with E-state index in [4.69, 9.17) is 5.11 Å². The normalized spacial score (nSPS) is 10.1. The predicted molar refractivity (Wildman–Crippen MR) is 77.4 cm³/mol. The molecule has 0 aliphatic carbocycles. The van der Waals surface area contributed by atoms with E-state index in [-0.39, 0.29) is 12.5 Å². The van der Waals surface area contributed by atoms with Gasteiger partial charge in [0.05, 0.1) is 0 Å². The first-order chi connectivity index (χ1) is 8.90. The number of anilines is 1. The van der Waals surface area contributed by atoms with Crippen LogP contribution in [0.25, 0.3) is 0 Å². The molecule has 0 bridgehead atoms. The summed E-state index contributed by atoms with van der Waals surface area (Å²) < 4.78 is 0.956. The molecule has 0 fully saturated rings. The van der Waals surface area contributed by atoms with Crippen LogP contribution in [0.1, 0.15) is 18.4 Å². The zero-order chi connectivity index (χ0) is 14.4. The van der Waals surface area contributed by atoms with Gasteiger partial charge in [0.15, 0.2) is 0 Å². The minimum Gasteiger partial charge on any atom is -0.481 e. The smallest absolute Gasteiger partial charge is 0.321 e. The average Bonchev–Trinajstić information content (AvgIpc) is 2.32. The highest BCUT2D eigenvalue weighted by molar-refractivity contribution is 9.10. The van der Waals surface area contributed by atoms with Gasteiger partial charge >= 0.3 is 12.0 Å². The largest absolute Gasteiger partial charge is 0.481 e. The zero-order valence-electron chi connectivity index (χ0n) is 10.9. The number of nitrogens with one attached hydrogen (secondary N) is 1. The maximum absolute atomic E-state index is 11.9. The van der Waals surface area contributed by atoms with Crippen molar-refractivity contribution in [1.29, 1.82) is 0 Å². The van der Waals surface area contributed by atoms with Gasteiger partial charge in [-0.05, 0) is 37.1 Å².